The second-order valence-electron chi connectivity index (χ2n) is 2.92. The first kappa shape index (κ1) is 11.2. The van der Waals surface area contributed by atoms with E-state index in [-0.39, 0.29) is 5.78 Å². The van der Waals surface area contributed by atoms with Gasteiger partial charge >= 0.3 is 0 Å². The summed E-state index contributed by atoms with van der Waals surface area (Å²) in [6.45, 7) is 7.34. The van der Waals surface area contributed by atoms with Crippen molar-refractivity contribution >= 4 is 5.78 Å². The van der Waals surface area contributed by atoms with E-state index in [2.05, 4.69) is 13.5 Å². The third-order valence-electron chi connectivity index (χ3n) is 1.80. The predicted molar refractivity (Wildman–Crippen MR) is 53.1 cm³/mol. The number of hydrogen-bond donors (Lipinski definition) is 0. The van der Waals surface area contributed by atoms with Crippen molar-refractivity contribution in [2.75, 3.05) is 0 Å². The molecule has 0 heterocycles. The summed E-state index contributed by atoms with van der Waals surface area (Å²) in [5.41, 5.74) is 0.756. The van der Waals surface area contributed by atoms with Gasteiger partial charge in [0.1, 0.15) is 0 Å². The molecule has 1 heteroatoms. The molecule has 0 aliphatic carbocycles. The van der Waals surface area contributed by atoms with E-state index < -0.39 is 0 Å². The fourth-order valence-electron chi connectivity index (χ4n) is 1.02. The van der Waals surface area contributed by atoms with Gasteiger partial charge < -0.3 is 0 Å². The minimum Gasteiger partial charge on any atom is -0.295 e. The minimum atomic E-state index is 0.112. The molecule has 0 amide bonds. The van der Waals surface area contributed by atoms with Gasteiger partial charge in [-0.3, -0.25) is 4.79 Å². The molecule has 68 valence electrons. The van der Waals surface area contributed by atoms with Crippen LogP contribution in [-0.4, -0.2) is 5.78 Å². The van der Waals surface area contributed by atoms with Crippen LogP contribution >= 0.6 is 0 Å². The standard InChI is InChI=1S/C11H18O/c1-4-6-7-8-9-11(5-2)10(3)12/h5,9H,2,4,6-8H2,1,3H3/b11-9+. The first-order valence-corrected chi connectivity index (χ1v) is 4.56. The Morgan fingerprint density at radius 1 is 1.42 bits per heavy atom. The molecule has 1 nitrogen and oxygen atoms in total. The van der Waals surface area contributed by atoms with Gasteiger partial charge in [0.15, 0.2) is 5.78 Å². The van der Waals surface area contributed by atoms with Gasteiger partial charge in [0, 0.05) is 5.57 Å². The van der Waals surface area contributed by atoms with Gasteiger partial charge in [-0.1, -0.05) is 38.5 Å². The molecule has 12 heavy (non-hydrogen) atoms. The highest BCUT2D eigenvalue weighted by Crippen LogP contribution is 2.04. The molecular weight excluding hydrogens is 148 g/mol. The second kappa shape index (κ2) is 6.84. The molecule has 0 bridgehead atoms. The van der Waals surface area contributed by atoms with Crippen LogP contribution in [0.2, 0.25) is 0 Å². The predicted octanol–water partition coefficient (Wildman–Crippen LogP) is 3.27. The first-order chi connectivity index (χ1) is 5.72. The van der Waals surface area contributed by atoms with Gasteiger partial charge in [-0.25, -0.2) is 0 Å². The number of rotatable bonds is 6. The molecule has 0 radical (unpaired) electrons. The number of ketones is 1. The van der Waals surface area contributed by atoms with Gasteiger partial charge in [-0.05, 0) is 19.8 Å². The summed E-state index contributed by atoms with van der Waals surface area (Å²) >= 11 is 0. The molecule has 0 aromatic carbocycles. The maximum Gasteiger partial charge on any atom is 0.159 e. The topological polar surface area (TPSA) is 17.1 Å². The number of carbonyl (C=O) groups excluding carboxylic acids is 1. The van der Waals surface area contributed by atoms with E-state index in [1.165, 1.54) is 19.3 Å². The fraction of sp³-hybridized carbons (Fsp3) is 0.545. The molecule has 0 aliphatic rings. The zero-order valence-electron chi connectivity index (χ0n) is 8.10. The van der Waals surface area contributed by atoms with Gasteiger partial charge in [0.2, 0.25) is 0 Å². The Balaban J connectivity index is 3.79. The van der Waals surface area contributed by atoms with E-state index in [0.717, 1.165) is 12.0 Å². The van der Waals surface area contributed by atoms with Crippen molar-refractivity contribution in [1.29, 1.82) is 0 Å². The van der Waals surface area contributed by atoms with Crippen LogP contribution < -0.4 is 0 Å². The summed E-state index contributed by atoms with van der Waals surface area (Å²) in [4.78, 5) is 10.9. The van der Waals surface area contributed by atoms with E-state index >= 15 is 0 Å². The molecule has 0 atom stereocenters. The van der Waals surface area contributed by atoms with E-state index in [1.807, 2.05) is 6.08 Å². The highest BCUT2D eigenvalue weighted by atomic mass is 16.1. The molecule has 0 spiro atoms. The largest absolute Gasteiger partial charge is 0.295 e. The van der Waals surface area contributed by atoms with Gasteiger partial charge in [0.05, 0.1) is 0 Å². The Morgan fingerprint density at radius 3 is 2.50 bits per heavy atom. The number of carbonyl (C=O) groups is 1. The Bertz CT molecular complexity index is 177. The average Bonchev–Trinajstić information content (AvgIpc) is 2.04. The van der Waals surface area contributed by atoms with Crippen LogP contribution in [0.25, 0.3) is 0 Å². The molecule has 0 aliphatic heterocycles. The maximum absolute atomic E-state index is 10.9. The Hall–Kier alpha value is -0.850. The normalized spacial score (nSPS) is 11.3. The van der Waals surface area contributed by atoms with E-state index in [1.54, 1.807) is 13.0 Å². The molecule has 0 unspecified atom stereocenters. The monoisotopic (exact) mass is 166 g/mol. The van der Waals surface area contributed by atoms with Crippen LogP contribution in [-0.2, 0) is 4.79 Å². The van der Waals surface area contributed by atoms with E-state index in [0.29, 0.717) is 0 Å². The highest BCUT2D eigenvalue weighted by molar-refractivity contribution is 5.95. The number of allylic oxidation sites excluding steroid dienone is 3. The smallest absolute Gasteiger partial charge is 0.159 e. The quantitative estimate of drug-likeness (QED) is 0.336. The maximum atomic E-state index is 10.9. The Kier molecular flexibility index (Phi) is 6.35. The lowest BCUT2D eigenvalue weighted by molar-refractivity contribution is -0.113. The number of hydrogen-bond acceptors (Lipinski definition) is 1. The molecule has 0 saturated heterocycles. The Morgan fingerprint density at radius 2 is 2.08 bits per heavy atom. The molecular formula is C11H18O. The lowest BCUT2D eigenvalue weighted by Crippen LogP contribution is -1.92. The molecule has 0 aromatic heterocycles. The van der Waals surface area contributed by atoms with Crippen molar-refractivity contribution in [3.8, 4) is 0 Å². The molecule has 0 rings (SSSR count). The lowest BCUT2D eigenvalue weighted by atomic mass is 10.1. The fourth-order valence-corrected chi connectivity index (χ4v) is 1.02. The summed E-state index contributed by atoms with van der Waals surface area (Å²) in [6, 6.07) is 0. The summed E-state index contributed by atoms with van der Waals surface area (Å²) in [5.74, 6) is 0.112. The molecule has 0 fully saturated rings. The Labute approximate surface area is 75.2 Å². The summed E-state index contributed by atoms with van der Waals surface area (Å²) in [5, 5.41) is 0. The van der Waals surface area contributed by atoms with Crippen molar-refractivity contribution in [2.24, 2.45) is 0 Å². The van der Waals surface area contributed by atoms with Crippen molar-refractivity contribution in [1.82, 2.24) is 0 Å². The van der Waals surface area contributed by atoms with Crippen LogP contribution in [0.4, 0.5) is 0 Å². The van der Waals surface area contributed by atoms with Crippen LogP contribution in [0, 0.1) is 0 Å². The van der Waals surface area contributed by atoms with Crippen molar-refractivity contribution < 1.29 is 4.79 Å². The summed E-state index contributed by atoms with van der Waals surface area (Å²) < 4.78 is 0. The van der Waals surface area contributed by atoms with Gasteiger partial charge in [0.25, 0.3) is 0 Å². The number of Topliss-reactive ketones (excluding diaryl/α,β-unsaturated/α-hetero) is 1. The lowest BCUT2D eigenvalue weighted by Gasteiger charge is -1.95. The van der Waals surface area contributed by atoms with Crippen LogP contribution in [0.15, 0.2) is 24.3 Å². The summed E-state index contributed by atoms with van der Waals surface area (Å²) in [6.07, 6.45) is 8.23. The highest BCUT2D eigenvalue weighted by Gasteiger charge is 1.96. The van der Waals surface area contributed by atoms with Crippen LogP contribution in [0.3, 0.4) is 0 Å². The average molecular weight is 166 g/mol. The van der Waals surface area contributed by atoms with Crippen LogP contribution in [0.5, 0.6) is 0 Å². The third kappa shape index (κ3) is 4.89. The van der Waals surface area contributed by atoms with Crippen molar-refractivity contribution in [3.05, 3.63) is 24.3 Å². The molecule has 0 N–H and O–H groups in total. The zero-order valence-corrected chi connectivity index (χ0v) is 8.10. The second-order valence-corrected chi connectivity index (χ2v) is 2.92. The molecule has 0 saturated carbocycles. The van der Waals surface area contributed by atoms with Crippen molar-refractivity contribution in [3.63, 3.8) is 0 Å². The van der Waals surface area contributed by atoms with E-state index in [4.69, 9.17) is 0 Å². The van der Waals surface area contributed by atoms with Gasteiger partial charge in [-0.2, -0.15) is 0 Å². The molecule has 0 aromatic rings. The first-order valence-electron chi connectivity index (χ1n) is 4.56. The van der Waals surface area contributed by atoms with Crippen LogP contribution in [0.1, 0.15) is 39.5 Å². The minimum absolute atomic E-state index is 0.112. The van der Waals surface area contributed by atoms with E-state index in [9.17, 15) is 4.79 Å². The van der Waals surface area contributed by atoms with Gasteiger partial charge in [-0.15, -0.1) is 0 Å². The SMILES string of the molecule is C=C/C(=C\CCCCC)C(C)=O. The zero-order chi connectivity index (χ0) is 9.40. The van der Waals surface area contributed by atoms with Crippen molar-refractivity contribution in [2.45, 2.75) is 39.5 Å². The third-order valence-corrected chi connectivity index (χ3v) is 1.80. The summed E-state index contributed by atoms with van der Waals surface area (Å²) in [7, 11) is 0. The number of unbranched alkanes of at least 4 members (excludes halogenated alkanes) is 3.